The normalized spacial score (nSPS) is 10.8. The number of amides is 2. The van der Waals surface area contributed by atoms with Crippen LogP contribution in [0.3, 0.4) is 0 Å². The highest BCUT2D eigenvalue weighted by Crippen LogP contribution is 2.17. The molecule has 0 radical (unpaired) electrons. The van der Waals surface area contributed by atoms with E-state index in [2.05, 4.69) is 10.6 Å². The third kappa shape index (κ3) is 6.26. The van der Waals surface area contributed by atoms with Crippen LogP contribution < -0.4 is 15.4 Å². The molecule has 0 unspecified atom stereocenters. The molecular formula is C21H24N2O4. The summed E-state index contributed by atoms with van der Waals surface area (Å²) in [6.45, 7) is 7.30. The zero-order valence-corrected chi connectivity index (χ0v) is 16.0. The Morgan fingerprint density at radius 1 is 1.00 bits per heavy atom. The molecule has 0 bridgehead atoms. The molecular weight excluding hydrogens is 344 g/mol. The molecule has 2 aromatic rings. The Labute approximate surface area is 158 Å². The van der Waals surface area contributed by atoms with Crippen molar-refractivity contribution >= 4 is 23.5 Å². The molecule has 0 saturated carbocycles. The molecule has 0 aliphatic heterocycles. The van der Waals surface area contributed by atoms with Gasteiger partial charge >= 0.3 is 5.97 Å². The molecule has 2 aromatic carbocycles. The summed E-state index contributed by atoms with van der Waals surface area (Å²) in [5.41, 5.74) is 1.51. The Morgan fingerprint density at radius 2 is 1.67 bits per heavy atom. The molecule has 2 amide bonds. The number of nitrogens with one attached hydrogen (secondary N) is 2. The van der Waals surface area contributed by atoms with Crippen LogP contribution in [0.15, 0.2) is 48.5 Å². The molecule has 0 aromatic heterocycles. The van der Waals surface area contributed by atoms with Crippen LogP contribution >= 0.6 is 0 Å². The zero-order chi connectivity index (χ0) is 20.0. The molecule has 0 aliphatic carbocycles. The van der Waals surface area contributed by atoms with Crippen LogP contribution in [0.1, 0.15) is 43.6 Å². The summed E-state index contributed by atoms with van der Waals surface area (Å²) < 4.78 is 4.99. The Bertz CT molecular complexity index is 836. The van der Waals surface area contributed by atoms with Crippen LogP contribution in [0, 0.1) is 5.41 Å². The largest absolute Gasteiger partial charge is 0.427 e. The molecule has 2 rings (SSSR count). The molecule has 6 nitrogen and oxygen atoms in total. The molecule has 0 saturated heterocycles. The Hall–Kier alpha value is -3.15. The van der Waals surface area contributed by atoms with Gasteiger partial charge in [-0.3, -0.25) is 14.4 Å². The number of anilines is 1. The molecule has 0 aliphatic rings. The lowest BCUT2D eigenvalue weighted by molar-refractivity contribution is -0.132. The standard InChI is InChI=1S/C21H24N2O4/c1-14(24)27-18-7-5-6-16(12-18)19(25)23-17-10-8-15(9-11-17)13-22-20(26)21(2,3)4/h5-12H,13H2,1-4H3,(H,22,26)(H,23,25). The number of hydrogen-bond donors (Lipinski definition) is 2. The molecule has 27 heavy (non-hydrogen) atoms. The summed E-state index contributed by atoms with van der Waals surface area (Å²) >= 11 is 0. The molecule has 2 N–H and O–H groups in total. The number of ether oxygens (including phenoxy) is 1. The fourth-order valence-corrected chi connectivity index (χ4v) is 2.22. The maximum absolute atomic E-state index is 12.4. The summed E-state index contributed by atoms with van der Waals surface area (Å²) in [6, 6.07) is 13.6. The zero-order valence-electron chi connectivity index (χ0n) is 16.0. The van der Waals surface area contributed by atoms with Crippen molar-refractivity contribution in [2.24, 2.45) is 5.41 Å². The van der Waals surface area contributed by atoms with Crippen LogP contribution in [0.5, 0.6) is 5.75 Å². The van der Waals surface area contributed by atoms with E-state index in [0.717, 1.165) is 5.56 Å². The summed E-state index contributed by atoms with van der Waals surface area (Å²) in [6.07, 6.45) is 0. The van der Waals surface area contributed by atoms with Crippen molar-refractivity contribution in [3.8, 4) is 5.75 Å². The smallest absolute Gasteiger partial charge is 0.308 e. The van der Waals surface area contributed by atoms with Gasteiger partial charge in [0.1, 0.15) is 5.75 Å². The summed E-state index contributed by atoms with van der Waals surface area (Å²) in [5.74, 6) is -0.452. The topological polar surface area (TPSA) is 84.5 Å². The Morgan fingerprint density at radius 3 is 2.26 bits per heavy atom. The van der Waals surface area contributed by atoms with Crippen molar-refractivity contribution in [1.82, 2.24) is 5.32 Å². The second kappa shape index (κ2) is 8.49. The highest BCUT2D eigenvalue weighted by Gasteiger charge is 2.20. The first-order valence-electron chi connectivity index (χ1n) is 8.62. The van der Waals surface area contributed by atoms with Gasteiger partial charge in [0.05, 0.1) is 0 Å². The summed E-state index contributed by atoms with van der Waals surface area (Å²) in [7, 11) is 0. The van der Waals surface area contributed by atoms with Gasteiger partial charge in [-0.1, -0.05) is 39.0 Å². The van der Waals surface area contributed by atoms with E-state index < -0.39 is 11.4 Å². The molecule has 0 atom stereocenters. The van der Waals surface area contributed by atoms with Crippen molar-refractivity contribution < 1.29 is 19.1 Å². The van der Waals surface area contributed by atoms with Crippen LogP contribution in [0.2, 0.25) is 0 Å². The lowest BCUT2D eigenvalue weighted by Gasteiger charge is -2.17. The first kappa shape index (κ1) is 20.2. The quantitative estimate of drug-likeness (QED) is 0.625. The fourth-order valence-electron chi connectivity index (χ4n) is 2.22. The molecule has 0 fully saturated rings. The van der Waals surface area contributed by atoms with E-state index >= 15 is 0 Å². The second-order valence-corrected chi connectivity index (χ2v) is 7.21. The number of carbonyl (C=O) groups is 3. The van der Waals surface area contributed by atoms with E-state index in [1.807, 2.05) is 32.9 Å². The van der Waals surface area contributed by atoms with Crippen LogP contribution in [-0.2, 0) is 16.1 Å². The van der Waals surface area contributed by atoms with Gasteiger partial charge < -0.3 is 15.4 Å². The molecule has 6 heteroatoms. The van der Waals surface area contributed by atoms with Gasteiger partial charge in [0.15, 0.2) is 0 Å². The Kier molecular flexibility index (Phi) is 6.34. The lowest BCUT2D eigenvalue weighted by Crippen LogP contribution is -2.34. The predicted molar refractivity (Wildman–Crippen MR) is 103 cm³/mol. The second-order valence-electron chi connectivity index (χ2n) is 7.21. The van der Waals surface area contributed by atoms with E-state index in [-0.39, 0.29) is 11.8 Å². The van der Waals surface area contributed by atoms with E-state index in [9.17, 15) is 14.4 Å². The highest BCUT2D eigenvalue weighted by molar-refractivity contribution is 6.04. The third-order valence-electron chi connectivity index (χ3n) is 3.70. The van der Waals surface area contributed by atoms with Gasteiger partial charge in [-0.05, 0) is 35.9 Å². The van der Waals surface area contributed by atoms with Crippen molar-refractivity contribution in [3.63, 3.8) is 0 Å². The average molecular weight is 368 g/mol. The third-order valence-corrected chi connectivity index (χ3v) is 3.70. The predicted octanol–water partition coefficient (Wildman–Crippen LogP) is 3.53. The van der Waals surface area contributed by atoms with Crippen molar-refractivity contribution in [2.75, 3.05) is 5.32 Å². The van der Waals surface area contributed by atoms with E-state index in [4.69, 9.17) is 4.74 Å². The van der Waals surface area contributed by atoms with Gasteiger partial charge in [-0.25, -0.2) is 0 Å². The van der Waals surface area contributed by atoms with Crippen LogP contribution in [0.25, 0.3) is 0 Å². The van der Waals surface area contributed by atoms with Gasteiger partial charge in [-0.15, -0.1) is 0 Å². The highest BCUT2D eigenvalue weighted by atomic mass is 16.5. The van der Waals surface area contributed by atoms with Gasteiger partial charge in [-0.2, -0.15) is 0 Å². The van der Waals surface area contributed by atoms with Gasteiger partial charge in [0.2, 0.25) is 5.91 Å². The number of benzene rings is 2. The first-order valence-corrected chi connectivity index (χ1v) is 8.62. The number of rotatable bonds is 5. The minimum atomic E-state index is -0.443. The van der Waals surface area contributed by atoms with E-state index in [0.29, 0.717) is 23.5 Å². The summed E-state index contributed by atoms with van der Waals surface area (Å²) in [5, 5.41) is 5.67. The number of carbonyl (C=O) groups excluding carboxylic acids is 3. The minimum Gasteiger partial charge on any atom is -0.427 e. The SMILES string of the molecule is CC(=O)Oc1cccc(C(=O)Nc2ccc(CNC(=O)C(C)(C)C)cc2)c1. The monoisotopic (exact) mass is 368 g/mol. The minimum absolute atomic E-state index is 0.0208. The van der Waals surface area contributed by atoms with Gasteiger partial charge in [0.25, 0.3) is 5.91 Å². The first-order chi connectivity index (χ1) is 12.6. The molecule has 0 spiro atoms. The maximum atomic E-state index is 12.4. The Balaban J connectivity index is 1.97. The number of hydrogen-bond acceptors (Lipinski definition) is 4. The van der Waals surface area contributed by atoms with E-state index in [1.54, 1.807) is 30.3 Å². The fraction of sp³-hybridized carbons (Fsp3) is 0.286. The number of esters is 1. The van der Waals surface area contributed by atoms with Gasteiger partial charge in [0, 0.05) is 30.1 Å². The molecule has 142 valence electrons. The van der Waals surface area contributed by atoms with Crippen LogP contribution in [-0.4, -0.2) is 17.8 Å². The van der Waals surface area contributed by atoms with Crippen molar-refractivity contribution in [1.29, 1.82) is 0 Å². The molecule has 0 heterocycles. The van der Waals surface area contributed by atoms with E-state index in [1.165, 1.54) is 13.0 Å². The van der Waals surface area contributed by atoms with Crippen molar-refractivity contribution in [2.45, 2.75) is 34.2 Å². The van der Waals surface area contributed by atoms with Crippen molar-refractivity contribution in [3.05, 3.63) is 59.7 Å². The lowest BCUT2D eigenvalue weighted by atomic mass is 9.95. The summed E-state index contributed by atoms with van der Waals surface area (Å²) in [4.78, 5) is 35.3. The van der Waals surface area contributed by atoms with Crippen LogP contribution in [0.4, 0.5) is 5.69 Å². The average Bonchev–Trinajstić information content (AvgIpc) is 2.59. The maximum Gasteiger partial charge on any atom is 0.308 e.